The van der Waals surface area contributed by atoms with Crippen LogP contribution in [-0.2, 0) is 11.3 Å². The summed E-state index contributed by atoms with van der Waals surface area (Å²) in [6.45, 7) is 0.181. The number of imide groups is 1. The lowest BCUT2D eigenvalue weighted by Gasteiger charge is -2.13. The molecule has 0 radical (unpaired) electrons. The summed E-state index contributed by atoms with van der Waals surface area (Å²) in [5.41, 5.74) is 4.34. The predicted octanol–water partition coefficient (Wildman–Crippen LogP) is 4.79. The highest BCUT2D eigenvalue weighted by atomic mass is 32.2. The molecule has 1 fully saturated rings. The van der Waals surface area contributed by atoms with Gasteiger partial charge < -0.3 is 9.47 Å². The SMILES string of the molecule is COc1ccc(/C=C2\SC(=O)N(Cc3ccc(-c4ccccc4-c4nn[nH]n4)cc3)C2=O)cc1OC. The predicted molar refractivity (Wildman–Crippen MR) is 136 cm³/mol. The third-order valence-corrected chi connectivity index (χ3v) is 6.61. The maximum Gasteiger partial charge on any atom is 0.293 e. The van der Waals surface area contributed by atoms with E-state index in [1.807, 2.05) is 48.5 Å². The van der Waals surface area contributed by atoms with Gasteiger partial charge >= 0.3 is 0 Å². The van der Waals surface area contributed by atoms with E-state index in [0.29, 0.717) is 22.2 Å². The number of benzene rings is 3. The second-order valence-electron chi connectivity index (χ2n) is 7.86. The molecule has 1 N–H and O–H groups in total. The molecular formula is C26H21N5O4S. The molecule has 2 amide bonds. The Morgan fingerprint density at radius 2 is 1.69 bits per heavy atom. The fourth-order valence-corrected chi connectivity index (χ4v) is 4.75. The number of aromatic nitrogens is 4. The number of aromatic amines is 1. The summed E-state index contributed by atoms with van der Waals surface area (Å²) in [5.74, 6) is 1.32. The van der Waals surface area contributed by atoms with Gasteiger partial charge in [0.25, 0.3) is 11.1 Å². The van der Waals surface area contributed by atoms with Crippen LogP contribution in [0.2, 0.25) is 0 Å². The Morgan fingerprint density at radius 3 is 2.39 bits per heavy atom. The lowest BCUT2D eigenvalue weighted by Crippen LogP contribution is -2.27. The lowest BCUT2D eigenvalue weighted by atomic mass is 9.98. The van der Waals surface area contributed by atoms with Gasteiger partial charge in [0.1, 0.15) is 0 Å². The number of methoxy groups -OCH3 is 2. The zero-order valence-corrected chi connectivity index (χ0v) is 20.3. The van der Waals surface area contributed by atoms with Crippen molar-refractivity contribution < 1.29 is 19.1 Å². The van der Waals surface area contributed by atoms with Crippen molar-refractivity contribution in [3.8, 4) is 34.0 Å². The van der Waals surface area contributed by atoms with Gasteiger partial charge in [-0.05, 0) is 57.4 Å². The number of hydrogen-bond donors (Lipinski definition) is 1. The summed E-state index contributed by atoms with van der Waals surface area (Å²) in [6, 6.07) is 20.8. The van der Waals surface area contributed by atoms with Crippen LogP contribution >= 0.6 is 11.8 Å². The standard InChI is InChI=1S/C26H21N5O4S/c1-34-21-12-9-17(13-22(21)35-2)14-23-25(32)31(26(33)36-23)15-16-7-10-18(11-8-16)19-5-3-4-6-20(19)24-27-29-30-28-24/h3-14H,15H2,1-2H3,(H,27,28,29,30)/b23-14-. The van der Waals surface area contributed by atoms with Gasteiger partial charge in [0.15, 0.2) is 11.5 Å². The van der Waals surface area contributed by atoms with E-state index in [0.717, 1.165) is 39.6 Å². The van der Waals surface area contributed by atoms with E-state index in [-0.39, 0.29) is 17.7 Å². The normalized spacial score (nSPS) is 14.5. The number of amides is 2. The van der Waals surface area contributed by atoms with E-state index in [9.17, 15) is 9.59 Å². The van der Waals surface area contributed by atoms with E-state index in [1.165, 1.54) is 4.90 Å². The Kier molecular flexibility index (Phi) is 6.50. The number of nitrogens with one attached hydrogen (secondary N) is 1. The molecule has 0 aliphatic carbocycles. The first-order valence-corrected chi connectivity index (χ1v) is 11.8. The van der Waals surface area contributed by atoms with Gasteiger partial charge in [0, 0.05) is 5.56 Å². The number of ether oxygens (including phenoxy) is 2. The molecule has 0 atom stereocenters. The highest BCUT2D eigenvalue weighted by Crippen LogP contribution is 2.36. The number of H-pyrrole nitrogens is 1. The van der Waals surface area contributed by atoms with Gasteiger partial charge in [-0.25, -0.2) is 0 Å². The van der Waals surface area contributed by atoms with Gasteiger partial charge in [-0.15, -0.1) is 10.2 Å². The van der Waals surface area contributed by atoms with Gasteiger partial charge in [-0.2, -0.15) is 5.21 Å². The van der Waals surface area contributed by atoms with Crippen molar-refractivity contribution in [1.82, 2.24) is 25.5 Å². The molecule has 0 saturated carbocycles. The lowest BCUT2D eigenvalue weighted by molar-refractivity contribution is -0.123. The van der Waals surface area contributed by atoms with E-state index in [2.05, 4.69) is 20.6 Å². The first kappa shape index (κ1) is 23.3. The molecule has 1 aromatic heterocycles. The van der Waals surface area contributed by atoms with Crippen molar-refractivity contribution in [2.45, 2.75) is 6.54 Å². The Balaban J connectivity index is 1.34. The molecule has 2 heterocycles. The molecular weight excluding hydrogens is 478 g/mol. The average Bonchev–Trinajstić information content (AvgIpc) is 3.54. The molecule has 180 valence electrons. The van der Waals surface area contributed by atoms with Crippen LogP contribution in [0.5, 0.6) is 11.5 Å². The fraction of sp³-hybridized carbons (Fsp3) is 0.115. The number of tetrazole rings is 1. The second kappa shape index (κ2) is 10.0. The number of nitrogens with zero attached hydrogens (tertiary/aromatic N) is 4. The van der Waals surface area contributed by atoms with Crippen LogP contribution in [0.15, 0.2) is 71.6 Å². The zero-order chi connectivity index (χ0) is 25.1. The van der Waals surface area contributed by atoms with Crippen LogP contribution in [0.25, 0.3) is 28.6 Å². The zero-order valence-electron chi connectivity index (χ0n) is 19.5. The van der Waals surface area contributed by atoms with Crippen LogP contribution in [0.3, 0.4) is 0 Å². The average molecular weight is 500 g/mol. The monoisotopic (exact) mass is 499 g/mol. The molecule has 9 nitrogen and oxygen atoms in total. The molecule has 36 heavy (non-hydrogen) atoms. The van der Waals surface area contributed by atoms with Crippen molar-refractivity contribution in [2.24, 2.45) is 0 Å². The molecule has 3 aromatic carbocycles. The molecule has 1 saturated heterocycles. The summed E-state index contributed by atoms with van der Waals surface area (Å²) in [6.07, 6.45) is 1.69. The van der Waals surface area contributed by atoms with Crippen LogP contribution < -0.4 is 9.47 Å². The highest BCUT2D eigenvalue weighted by Gasteiger charge is 2.35. The Bertz CT molecular complexity index is 1450. The van der Waals surface area contributed by atoms with Crippen molar-refractivity contribution in [3.63, 3.8) is 0 Å². The minimum absolute atomic E-state index is 0.181. The van der Waals surface area contributed by atoms with Crippen LogP contribution in [0.4, 0.5) is 4.79 Å². The van der Waals surface area contributed by atoms with Gasteiger partial charge in [0.05, 0.1) is 25.7 Å². The van der Waals surface area contributed by atoms with Crippen LogP contribution in [0, 0.1) is 0 Å². The maximum atomic E-state index is 13.0. The quantitative estimate of drug-likeness (QED) is 0.362. The van der Waals surface area contributed by atoms with E-state index >= 15 is 0 Å². The molecule has 1 aliphatic rings. The highest BCUT2D eigenvalue weighted by molar-refractivity contribution is 8.18. The number of thioether (sulfide) groups is 1. The molecule has 4 aromatic rings. The Labute approximate surface area is 211 Å². The topological polar surface area (TPSA) is 110 Å². The summed E-state index contributed by atoms with van der Waals surface area (Å²) in [4.78, 5) is 27.3. The first-order valence-electron chi connectivity index (χ1n) is 11.0. The summed E-state index contributed by atoms with van der Waals surface area (Å²) in [7, 11) is 3.10. The van der Waals surface area contributed by atoms with E-state index in [4.69, 9.17) is 9.47 Å². The number of hydrogen-bond acceptors (Lipinski definition) is 8. The number of carbonyl (C=O) groups excluding carboxylic acids is 2. The van der Waals surface area contributed by atoms with Crippen molar-refractivity contribution in [1.29, 1.82) is 0 Å². The number of rotatable bonds is 7. The first-order chi connectivity index (χ1) is 17.6. The van der Waals surface area contributed by atoms with Gasteiger partial charge in [0.2, 0.25) is 5.82 Å². The van der Waals surface area contributed by atoms with Crippen LogP contribution in [-0.4, -0.2) is 50.9 Å². The Hall–Kier alpha value is -4.44. The Morgan fingerprint density at radius 1 is 0.944 bits per heavy atom. The summed E-state index contributed by atoms with van der Waals surface area (Å²) < 4.78 is 10.6. The third kappa shape index (κ3) is 4.58. The molecule has 0 unspecified atom stereocenters. The van der Waals surface area contributed by atoms with E-state index in [1.54, 1.807) is 38.5 Å². The summed E-state index contributed by atoms with van der Waals surface area (Å²) in [5, 5.41) is 14.0. The molecule has 1 aliphatic heterocycles. The van der Waals surface area contributed by atoms with Crippen molar-refractivity contribution in [2.75, 3.05) is 14.2 Å². The fourth-order valence-electron chi connectivity index (χ4n) is 3.91. The second-order valence-corrected chi connectivity index (χ2v) is 8.85. The van der Waals surface area contributed by atoms with Gasteiger partial charge in [-0.1, -0.05) is 54.6 Å². The van der Waals surface area contributed by atoms with Gasteiger partial charge in [-0.3, -0.25) is 14.5 Å². The van der Waals surface area contributed by atoms with Crippen molar-refractivity contribution >= 4 is 29.0 Å². The number of carbonyl (C=O) groups is 2. The smallest absolute Gasteiger partial charge is 0.293 e. The molecule has 0 bridgehead atoms. The maximum absolute atomic E-state index is 13.0. The largest absolute Gasteiger partial charge is 0.493 e. The van der Waals surface area contributed by atoms with Crippen molar-refractivity contribution in [3.05, 3.63) is 82.8 Å². The minimum Gasteiger partial charge on any atom is -0.493 e. The molecule has 0 spiro atoms. The van der Waals surface area contributed by atoms with E-state index < -0.39 is 0 Å². The molecule has 5 rings (SSSR count). The van der Waals surface area contributed by atoms with Crippen LogP contribution in [0.1, 0.15) is 11.1 Å². The third-order valence-electron chi connectivity index (χ3n) is 5.70. The summed E-state index contributed by atoms with van der Waals surface area (Å²) >= 11 is 0.923. The minimum atomic E-state index is -0.327. The molecule has 10 heteroatoms.